The van der Waals surface area contributed by atoms with Crippen LogP contribution in [-0.4, -0.2) is 27.7 Å². The number of nitrogens with zero attached hydrogens (tertiary/aromatic N) is 2. The van der Waals surface area contributed by atoms with E-state index < -0.39 is 4.92 Å². The van der Waals surface area contributed by atoms with Crippen molar-refractivity contribution in [3.8, 4) is 0 Å². The molecule has 1 aromatic rings. The number of nitrogen functional groups attached to an aromatic ring is 1. The number of rotatable bonds is 5. The van der Waals surface area contributed by atoms with Gasteiger partial charge in [0, 0.05) is 6.54 Å². The molecule has 0 spiro atoms. The van der Waals surface area contributed by atoms with E-state index >= 15 is 0 Å². The number of nitrogens with two attached hydrogens (primary N) is 1. The lowest BCUT2D eigenvalue weighted by Gasteiger charge is -2.25. The summed E-state index contributed by atoms with van der Waals surface area (Å²) in [5, 5.41) is 23.4. The van der Waals surface area contributed by atoms with Gasteiger partial charge in [-0.15, -0.1) is 0 Å². The predicted octanol–water partition coefficient (Wildman–Crippen LogP) is 1.24. The minimum Gasteiger partial charge on any atom is -0.393 e. The zero-order chi connectivity index (χ0) is 14.5. The number of pyridine rings is 1. The molecular formula is C12H19N5O3. The Balaban J connectivity index is 1.98. The third kappa shape index (κ3) is 3.78. The second-order valence-corrected chi connectivity index (χ2v) is 5.05. The van der Waals surface area contributed by atoms with Crippen molar-refractivity contribution in [3.05, 3.63) is 22.2 Å². The summed E-state index contributed by atoms with van der Waals surface area (Å²) in [5.74, 6) is 6.38. The molecular weight excluding hydrogens is 262 g/mol. The van der Waals surface area contributed by atoms with E-state index in [2.05, 4.69) is 15.7 Å². The first-order valence-electron chi connectivity index (χ1n) is 6.63. The fraction of sp³-hybridized carbons (Fsp3) is 0.583. The van der Waals surface area contributed by atoms with E-state index in [4.69, 9.17) is 5.84 Å². The van der Waals surface area contributed by atoms with E-state index in [0.717, 1.165) is 25.7 Å². The highest BCUT2D eigenvalue weighted by molar-refractivity contribution is 5.54. The van der Waals surface area contributed by atoms with Gasteiger partial charge in [-0.1, -0.05) is 0 Å². The number of aliphatic hydroxyl groups excluding tert-OH is 1. The molecule has 110 valence electrons. The van der Waals surface area contributed by atoms with Gasteiger partial charge >= 0.3 is 0 Å². The van der Waals surface area contributed by atoms with Crippen molar-refractivity contribution in [1.82, 2.24) is 4.98 Å². The molecule has 1 aliphatic carbocycles. The molecule has 1 aliphatic rings. The van der Waals surface area contributed by atoms with E-state index in [0.29, 0.717) is 18.3 Å². The summed E-state index contributed by atoms with van der Waals surface area (Å²) in [7, 11) is 0. The molecule has 1 aromatic heterocycles. The normalized spacial score (nSPS) is 22.3. The average molecular weight is 281 g/mol. The van der Waals surface area contributed by atoms with Crippen LogP contribution in [0.3, 0.4) is 0 Å². The van der Waals surface area contributed by atoms with Crippen LogP contribution in [0.4, 0.5) is 17.3 Å². The van der Waals surface area contributed by atoms with Gasteiger partial charge in [-0.05, 0) is 31.6 Å². The highest BCUT2D eigenvalue weighted by atomic mass is 16.6. The Morgan fingerprint density at radius 2 is 2.00 bits per heavy atom. The maximum Gasteiger partial charge on any atom is 0.276 e. The second kappa shape index (κ2) is 6.49. The summed E-state index contributed by atoms with van der Waals surface area (Å²) in [6, 6.07) is 2.67. The summed E-state index contributed by atoms with van der Waals surface area (Å²) in [4.78, 5) is 14.5. The van der Waals surface area contributed by atoms with Crippen LogP contribution in [0.5, 0.6) is 0 Å². The third-order valence-electron chi connectivity index (χ3n) is 3.56. The highest BCUT2D eigenvalue weighted by Crippen LogP contribution is 2.25. The SMILES string of the molecule is NNc1cc([N+](=O)[O-])cc(NCC2CCC(O)CC2)n1. The van der Waals surface area contributed by atoms with Gasteiger partial charge in [0.2, 0.25) is 0 Å². The van der Waals surface area contributed by atoms with Crippen molar-refractivity contribution in [3.63, 3.8) is 0 Å². The Bertz CT molecular complexity index is 474. The Kier molecular flexibility index (Phi) is 4.70. The monoisotopic (exact) mass is 281 g/mol. The lowest BCUT2D eigenvalue weighted by Crippen LogP contribution is -2.24. The van der Waals surface area contributed by atoms with Crippen LogP contribution in [0, 0.1) is 16.0 Å². The first kappa shape index (κ1) is 14.5. The van der Waals surface area contributed by atoms with Crippen molar-refractivity contribution < 1.29 is 10.0 Å². The van der Waals surface area contributed by atoms with Gasteiger partial charge < -0.3 is 15.8 Å². The largest absolute Gasteiger partial charge is 0.393 e. The molecule has 0 unspecified atom stereocenters. The molecule has 0 aliphatic heterocycles. The van der Waals surface area contributed by atoms with Crippen molar-refractivity contribution in [2.45, 2.75) is 31.8 Å². The molecule has 0 aromatic carbocycles. The minimum atomic E-state index is -0.481. The van der Waals surface area contributed by atoms with E-state index in [1.165, 1.54) is 12.1 Å². The zero-order valence-electron chi connectivity index (χ0n) is 11.1. The molecule has 1 heterocycles. The number of anilines is 2. The number of aliphatic hydroxyl groups is 1. The number of hydrazine groups is 1. The fourth-order valence-corrected chi connectivity index (χ4v) is 2.38. The van der Waals surface area contributed by atoms with Gasteiger partial charge in [-0.2, -0.15) is 0 Å². The maximum absolute atomic E-state index is 10.8. The fourth-order valence-electron chi connectivity index (χ4n) is 2.38. The molecule has 1 fully saturated rings. The highest BCUT2D eigenvalue weighted by Gasteiger charge is 2.19. The van der Waals surface area contributed by atoms with E-state index in [9.17, 15) is 15.2 Å². The Hall–Kier alpha value is -1.93. The smallest absolute Gasteiger partial charge is 0.276 e. The van der Waals surface area contributed by atoms with Crippen molar-refractivity contribution in [1.29, 1.82) is 0 Å². The summed E-state index contributed by atoms with van der Waals surface area (Å²) in [6.45, 7) is 0.685. The topological polar surface area (TPSA) is 126 Å². The number of hydrogen-bond acceptors (Lipinski definition) is 7. The molecule has 5 N–H and O–H groups in total. The summed E-state index contributed by atoms with van der Waals surface area (Å²) in [5.41, 5.74) is 2.26. The number of nitro groups is 1. The molecule has 1 saturated carbocycles. The van der Waals surface area contributed by atoms with Gasteiger partial charge in [0.15, 0.2) is 0 Å². The van der Waals surface area contributed by atoms with Crippen LogP contribution < -0.4 is 16.6 Å². The van der Waals surface area contributed by atoms with Gasteiger partial charge in [-0.3, -0.25) is 10.1 Å². The molecule has 0 atom stereocenters. The molecule has 0 bridgehead atoms. The van der Waals surface area contributed by atoms with Crippen molar-refractivity contribution in [2.75, 3.05) is 17.3 Å². The standard InChI is InChI=1S/C12H19N5O3/c13-16-12-6-9(17(19)20)5-11(15-12)14-7-8-1-3-10(18)4-2-8/h5-6,8,10,18H,1-4,7,13H2,(H2,14,15,16). The minimum absolute atomic E-state index is 0.0606. The first-order valence-corrected chi connectivity index (χ1v) is 6.63. The van der Waals surface area contributed by atoms with Gasteiger partial charge in [0.05, 0.1) is 23.2 Å². The Morgan fingerprint density at radius 3 is 2.60 bits per heavy atom. The molecule has 20 heavy (non-hydrogen) atoms. The van der Waals surface area contributed by atoms with Gasteiger partial charge in [-0.25, -0.2) is 10.8 Å². The molecule has 0 radical (unpaired) electrons. The third-order valence-corrected chi connectivity index (χ3v) is 3.56. The molecule has 2 rings (SSSR count). The van der Waals surface area contributed by atoms with Crippen LogP contribution >= 0.6 is 0 Å². The van der Waals surface area contributed by atoms with Crippen LogP contribution in [-0.2, 0) is 0 Å². The van der Waals surface area contributed by atoms with Gasteiger partial charge in [0.1, 0.15) is 11.6 Å². The van der Waals surface area contributed by atoms with Crippen LogP contribution in [0.25, 0.3) is 0 Å². The predicted molar refractivity (Wildman–Crippen MR) is 75.2 cm³/mol. The van der Waals surface area contributed by atoms with Crippen LogP contribution in [0.2, 0.25) is 0 Å². The Labute approximate surface area is 116 Å². The van der Waals surface area contributed by atoms with Crippen LogP contribution in [0.15, 0.2) is 12.1 Å². The quantitative estimate of drug-likeness (QED) is 0.363. The Morgan fingerprint density at radius 1 is 1.35 bits per heavy atom. The van der Waals surface area contributed by atoms with Gasteiger partial charge in [0.25, 0.3) is 5.69 Å². The van der Waals surface area contributed by atoms with Crippen LogP contribution in [0.1, 0.15) is 25.7 Å². The molecule has 8 nitrogen and oxygen atoms in total. The molecule has 0 saturated heterocycles. The second-order valence-electron chi connectivity index (χ2n) is 5.05. The molecule has 8 heteroatoms. The lowest BCUT2D eigenvalue weighted by atomic mass is 9.87. The lowest BCUT2D eigenvalue weighted by molar-refractivity contribution is -0.384. The van der Waals surface area contributed by atoms with E-state index in [1.54, 1.807) is 0 Å². The average Bonchev–Trinajstić information content (AvgIpc) is 2.46. The van der Waals surface area contributed by atoms with E-state index in [-0.39, 0.29) is 17.6 Å². The summed E-state index contributed by atoms with van der Waals surface area (Å²) in [6.07, 6.45) is 3.33. The maximum atomic E-state index is 10.8. The number of nitrogens with one attached hydrogen (secondary N) is 2. The summed E-state index contributed by atoms with van der Waals surface area (Å²) >= 11 is 0. The van der Waals surface area contributed by atoms with E-state index in [1.807, 2.05) is 0 Å². The van der Waals surface area contributed by atoms with Crippen molar-refractivity contribution >= 4 is 17.3 Å². The zero-order valence-corrected chi connectivity index (χ0v) is 11.1. The molecule has 0 amide bonds. The van der Waals surface area contributed by atoms with Crippen molar-refractivity contribution in [2.24, 2.45) is 11.8 Å². The number of aromatic nitrogens is 1. The first-order chi connectivity index (χ1) is 9.58. The summed E-state index contributed by atoms with van der Waals surface area (Å²) < 4.78 is 0. The number of hydrogen-bond donors (Lipinski definition) is 4.